The lowest BCUT2D eigenvalue weighted by molar-refractivity contribution is -0.123. The lowest BCUT2D eigenvalue weighted by Gasteiger charge is -2.06. The van der Waals surface area contributed by atoms with Crippen molar-refractivity contribution in [1.29, 1.82) is 0 Å². The zero-order chi connectivity index (χ0) is 14.4. The topological polar surface area (TPSA) is 95.8 Å². The number of carbonyl (C=O) groups is 2. The fraction of sp³-hybridized carbons (Fsp3) is 0.308. The number of pyridine rings is 1. The molecule has 1 aromatic rings. The van der Waals surface area contributed by atoms with Crippen LogP contribution in [0, 0.1) is 5.92 Å². The molecule has 1 aromatic heterocycles. The fourth-order valence-corrected chi connectivity index (χ4v) is 1.78. The number of amides is 2. The molecule has 1 aliphatic heterocycles. The maximum Gasteiger partial charge on any atom is 0.248 e. The highest BCUT2D eigenvalue weighted by Gasteiger charge is 2.26. The molecule has 0 bridgehead atoms. The van der Waals surface area contributed by atoms with E-state index in [-0.39, 0.29) is 24.2 Å². The first-order valence-corrected chi connectivity index (χ1v) is 6.24. The summed E-state index contributed by atoms with van der Waals surface area (Å²) in [5.41, 5.74) is 6.16. The van der Waals surface area contributed by atoms with E-state index in [1.807, 2.05) is 6.07 Å². The van der Waals surface area contributed by atoms with Gasteiger partial charge in [0.1, 0.15) is 0 Å². The van der Waals surface area contributed by atoms with Crippen LogP contribution in [0.15, 0.2) is 34.6 Å². The molecule has 2 rings (SSSR count). The molecular formula is C13H15N5O2. The Hall–Kier alpha value is -2.57. The van der Waals surface area contributed by atoms with Gasteiger partial charge in [-0.25, -0.2) is 10.9 Å². The molecule has 104 valence electrons. The van der Waals surface area contributed by atoms with Gasteiger partial charge in [0, 0.05) is 18.3 Å². The molecule has 7 heteroatoms. The molecule has 2 N–H and O–H groups in total. The molecule has 0 aliphatic carbocycles. The van der Waals surface area contributed by atoms with Gasteiger partial charge in [-0.2, -0.15) is 10.2 Å². The second-order valence-corrected chi connectivity index (χ2v) is 4.37. The number of aromatic nitrogens is 1. The van der Waals surface area contributed by atoms with E-state index in [4.69, 9.17) is 0 Å². The van der Waals surface area contributed by atoms with Crippen LogP contribution in [-0.2, 0) is 9.59 Å². The van der Waals surface area contributed by atoms with Crippen molar-refractivity contribution in [2.75, 3.05) is 0 Å². The van der Waals surface area contributed by atoms with Crippen molar-refractivity contribution in [3.05, 3.63) is 30.1 Å². The van der Waals surface area contributed by atoms with Crippen molar-refractivity contribution < 1.29 is 9.59 Å². The van der Waals surface area contributed by atoms with Gasteiger partial charge in [-0.05, 0) is 25.5 Å². The van der Waals surface area contributed by atoms with E-state index in [2.05, 4.69) is 26.0 Å². The molecule has 0 fully saturated rings. The smallest absolute Gasteiger partial charge is 0.248 e. The second-order valence-electron chi connectivity index (χ2n) is 4.37. The van der Waals surface area contributed by atoms with Crippen molar-refractivity contribution in [3.63, 3.8) is 0 Å². The van der Waals surface area contributed by atoms with Gasteiger partial charge in [-0.15, -0.1) is 0 Å². The number of nitrogens with one attached hydrogen (secondary N) is 2. The number of nitrogens with zero attached hydrogens (tertiary/aromatic N) is 3. The van der Waals surface area contributed by atoms with E-state index in [0.717, 1.165) is 0 Å². The molecule has 1 atom stereocenters. The Bertz CT molecular complexity index is 553. The van der Waals surface area contributed by atoms with Crippen LogP contribution in [0.5, 0.6) is 0 Å². The Kier molecular flexibility index (Phi) is 4.54. The SMILES string of the molecule is CC1=NNC(=O)[C@@H]1CCC(=O)N/N=C\c1ccccn1. The van der Waals surface area contributed by atoms with Crippen molar-refractivity contribution >= 4 is 23.7 Å². The Labute approximate surface area is 116 Å². The minimum atomic E-state index is -0.319. The summed E-state index contributed by atoms with van der Waals surface area (Å²) >= 11 is 0. The summed E-state index contributed by atoms with van der Waals surface area (Å²) in [6.07, 6.45) is 3.74. The normalized spacial score (nSPS) is 17.9. The molecule has 0 unspecified atom stereocenters. The van der Waals surface area contributed by atoms with Crippen molar-refractivity contribution in [1.82, 2.24) is 15.8 Å². The summed E-state index contributed by atoms with van der Waals surface area (Å²) < 4.78 is 0. The van der Waals surface area contributed by atoms with Gasteiger partial charge in [-0.1, -0.05) is 6.07 Å². The molecule has 0 saturated heterocycles. The van der Waals surface area contributed by atoms with Gasteiger partial charge in [0.2, 0.25) is 11.8 Å². The van der Waals surface area contributed by atoms with Crippen molar-refractivity contribution in [2.24, 2.45) is 16.1 Å². The summed E-state index contributed by atoms with van der Waals surface area (Å²) in [6, 6.07) is 5.40. The molecule has 20 heavy (non-hydrogen) atoms. The number of hydrogen-bond donors (Lipinski definition) is 2. The first-order chi connectivity index (χ1) is 9.66. The van der Waals surface area contributed by atoms with E-state index in [9.17, 15) is 9.59 Å². The average Bonchev–Trinajstić information content (AvgIpc) is 2.77. The third-order valence-corrected chi connectivity index (χ3v) is 2.90. The van der Waals surface area contributed by atoms with Crippen LogP contribution in [0.25, 0.3) is 0 Å². The summed E-state index contributed by atoms with van der Waals surface area (Å²) in [5, 5.41) is 7.63. The number of hydrogen-bond acceptors (Lipinski definition) is 5. The zero-order valence-corrected chi connectivity index (χ0v) is 11.0. The number of hydrazone groups is 2. The van der Waals surface area contributed by atoms with E-state index in [1.165, 1.54) is 6.21 Å². The third kappa shape index (κ3) is 3.71. The fourth-order valence-electron chi connectivity index (χ4n) is 1.78. The first-order valence-electron chi connectivity index (χ1n) is 6.24. The van der Waals surface area contributed by atoms with Crippen molar-refractivity contribution in [2.45, 2.75) is 19.8 Å². The summed E-state index contributed by atoms with van der Waals surface area (Å²) in [4.78, 5) is 27.0. The predicted molar refractivity (Wildman–Crippen MR) is 73.9 cm³/mol. The lowest BCUT2D eigenvalue weighted by atomic mass is 9.99. The average molecular weight is 273 g/mol. The van der Waals surface area contributed by atoms with Gasteiger partial charge >= 0.3 is 0 Å². The quantitative estimate of drug-likeness (QED) is 0.601. The minimum absolute atomic E-state index is 0.160. The van der Waals surface area contributed by atoms with Crippen LogP contribution in [-0.4, -0.2) is 28.7 Å². The summed E-state index contributed by atoms with van der Waals surface area (Å²) in [7, 11) is 0. The monoisotopic (exact) mass is 273 g/mol. The Balaban J connectivity index is 1.75. The molecule has 2 heterocycles. The van der Waals surface area contributed by atoms with E-state index in [0.29, 0.717) is 17.8 Å². The van der Waals surface area contributed by atoms with Crippen LogP contribution in [0.3, 0.4) is 0 Å². The van der Waals surface area contributed by atoms with Gasteiger partial charge in [0.25, 0.3) is 0 Å². The number of carbonyl (C=O) groups excluding carboxylic acids is 2. The summed E-state index contributed by atoms with van der Waals surface area (Å²) in [5.74, 6) is -0.725. The highest BCUT2D eigenvalue weighted by Crippen LogP contribution is 2.13. The molecule has 0 radical (unpaired) electrons. The second kappa shape index (κ2) is 6.55. The van der Waals surface area contributed by atoms with Crippen LogP contribution in [0.2, 0.25) is 0 Å². The Morgan fingerprint density at radius 3 is 3.05 bits per heavy atom. The van der Waals surface area contributed by atoms with Crippen LogP contribution in [0.1, 0.15) is 25.5 Å². The van der Waals surface area contributed by atoms with Crippen molar-refractivity contribution in [3.8, 4) is 0 Å². The van der Waals surface area contributed by atoms with Gasteiger partial charge in [-0.3, -0.25) is 14.6 Å². The molecule has 0 saturated carbocycles. The standard InChI is InChI=1S/C13H15N5O2/c1-9-11(13(20)18-16-9)5-6-12(19)17-15-8-10-4-2-3-7-14-10/h2-4,7-8,11H,5-6H2,1H3,(H,17,19)(H,18,20)/b15-8-/t11-/m1/s1. The maximum absolute atomic E-state index is 11.6. The highest BCUT2D eigenvalue weighted by molar-refractivity contribution is 6.07. The van der Waals surface area contributed by atoms with Gasteiger partial charge in [0.05, 0.1) is 17.8 Å². The Morgan fingerprint density at radius 1 is 1.55 bits per heavy atom. The lowest BCUT2D eigenvalue weighted by Crippen LogP contribution is -2.25. The first kappa shape index (κ1) is 13.9. The zero-order valence-electron chi connectivity index (χ0n) is 11.0. The van der Waals surface area contributed by atoms with E-state index >= 15 is 0 Å². The molecule has 1 aliphatic rings. The van der Waals surface area contributed by atoms with E-state index in [1.54, 1.807) is 25.3 Å². The Morgan fingerprint density at radius 2 is 2.40 bits per heavy atom. The summed E-state index contributed by atoms with van der Waals surface area (Å²) in [6.45, 7) is 1.76. The maximum atomic E-state index is 11.6. The van der Waals surface area contributed by atoms with E-state index < -0.39 is 0 Å². The number of rotatable bonds is 5. The van der Waals surface area contributed by atoms with Gasteiger partial charge < -0.3 is 0 Å². The molecular weight excluding hydrogens is 258 g/mol. The third-order valence-electron chi connectivity index (χ3n) is 2.90. The van der Waals surface area contributed by atoms with Crippen LogP contribution >= 0.6 is 0 Å². The van der Waals surface area contributed by atoms with Crippen LogP contribution < -0.4 is 10.9 Å². The molecule has 0 spiro atoms. The highest BCUT2D eigenvalue weighted by atomic mass is 16.2. The predicted octanol–water partition coefficient (Wildman–Crippen LogP) is 0.434. The van der Waals surface area contributed by atoms with Gasteiger partial charge in [0.15, 0.2) is 0 Å². The minimum Gasteiger partial charge on any atom is -0.273 e. The molecule has 2 amide bonds. The molecule has 7 nitrogen and oxygen atoms in total. The van der Waals surface area contributed by atoms with Crippen LogP contribution in [0.4, 0.5) is 0 Å². The molecule has 0 aromatic carbocycles. The largest absolute Gasteiger partial charge is 0.273 e.